The van der Waals surface area contributed by atoms with E-state index in [1.807, 2.05) is 19.1 Å². The number of nitrogens with one attached hydrogen (secondary N) is 1. The van der Waals surface area contributed by atoms with Crippen LogP contribution in [0.5, 0.6) is 0 Å². The summed E-state index contributed by atoms with van der Waals surface area (Å²) in [6.45, 7) is 7.07. The normalized spacial score (nSPS) is 14.7. The largest absolute Gasteiger partial charge is 0.365 e. The molecule has 182 valence electrons. The second-order valence-electron chi connectivity index (χ2n) is 9.72. The lowest BCUT2D eigenvalue weighted by molar-refractivity contribution is 0.265. The predicted molar refractivity (Wildman–Crippen MR) is 145 cm³/mol. The highest BCUT2D eigenvalue weighted by molar-refractivity contribution is 6.30. The van der Waals surface area contributed by atoms with Crippen molar-refractivity contribution in [1.82, 2.24) is 19.5 Å². The van der Waals surface area contributed by atoms with Crippen LogP contribution in [0.15, 0.2) is 48.5 Å². The second-order valence-corrected chi connectivity index (χ2v) is 10.2. The molecule has 4 aromatic rings. The monoisotopic (exact) mass is 487 g/mol. The van der Waals surface area contributed by atoms with Gasteiger partial charge in [-0.2, -0.15) is 0 Å². The number of rotatable bonds is 9. The van der Waals surface area contributed by atoms with E-state index < -0.39 is 0 Å². The van der Waals surface area contributed by atoms with E-state index >= 15 is 0 Å². The molecular weight excluding hydrogens is 454 g/mol. The van der Waals surface area contributed by atoms with Gasteiger partial charge in [0.2, 0.25) is 0 Å². The standard InChI is InChI=1S/C29H34ClN5/c1-4-8-25(22-10-7-11-22)33-27-26-28(32-19(3)31-27)34-29(23-12-6-9-20(5-2)17-23)35(26)18-21-13-15-24(30)16-14-21/h6,9,12-17,22,25H,4-5,7-8,10-11,18H2,1-3H3,(H,31,32,33). The number of halogens is 1. The first kappa shape index (κ1) is 23.8. The smallest absolute Gasteiger partial charge is 0.183 e. The van der Waals surface area contributed by atoms with Gasteiger partial charge in [0.1, 0.15) is 17.2 Å². The highest BCUT2D eigenvalue weighted by atomic mass is 35.5. The summed E-state index contributed by atoms with van der Waals surface area (Å²) in [7, 11) is 0. The molecule has 2 aromatic heterocycles. The average molecular weight is 488 g/mol. The fraction of sp³-hybridized carbons (Fsp3) is 0.414. The fourth-order valence-electron chi connectivity index (χ4n) is 5.08. The summed E-state index contributed by atoms with van der Waals surface area (Å²) in [6.07, 6.45) is 7.20. The molecule has 1 aliphatic carbocycles. The Morgan fingerprint density at radius 1 is 1.03 bits per heavy atom. The van der Waals surface area contributed by atoms with Crippen molar-refractivity contribution in [3.05, 3.63) is 70.5 Å². The molecule has 1 atom stereocenters. The Morgan fingerprint density at radius 2 is 1.83 bits per heavy atom. The van der Waals surface area contributed by atoms with Gasteiger partial charge < -0.3 is 9.88 Å². The third-order valence-electron chi connectivity index (χ3n) is 7.20. The zero-order valence-corrected chi connectivity index (χ0v) is 21.6. The van der Waals surface area contributed by atoms with Gasteiger partial charge in [0, 0.05) is 23.2 Å². The molecule has 0 aliphatic heterocycles. The summed E-state index contributed by atoms with van der Waals surface area (Å²) < 4.78 is 2.28. The minimum absolute atomic E-state index is 0.428. The molecule has 35 heavy (non-hydrogen) atoms. The Hall–Kier alpha value is -2.92. The van der Waals surface area contributed by atoms with E-state index in [4.69, 9.17) is 26.6 Å². The molecule has 0 amide bonds. The summed E-state index contributed by atoms with van der Waals surface area (Å²) in [4.78, 5) is 14.8. The number of hydrogen-bond acceptors (Lipinski definition) is 4. The molecule has 0 saturated heterocycles. The second kappa shape index (κ2) is 10.4. The van der Waals surface area contributed by atoms with E-state index in [-0.39, 0.29) is 0 Å². The van der Waals surface area contributed by atoms with Crippen LogP contribution in [0.2, 0.25) is 5.02 Å². The lowest BCUT2D eigenvalue weighted by Crippen LogP contribution is -2.34. The number of aromatic nitrogens is 4. The third-order valence-corrected chi connectivity index (χ3v) is 7.45. The minimum Gasteiger partial charge on any atom is -0.365 e. The van der Waals surface area contributed by atoms with Crippen LogP contribution in [0.1, 0.15) is 62.9 Å². The molecule has 6 heteroatoms. The van der Waals surface area contributed by atoms with Crippen molar-refractivity contribution in [3.63, 3.8) is 0 Å². The van der Waals surface area contributed by atoms with Crippen LogP contribution in [-0.4, -0.2) is 25.6 Å². The highest BCUT2D eigenvalue weighted by Gasteiger charge is 2.28. The molecule has 2 aromatic carbocycles. The summed E-state index contributed by atoms with van der Waals surface area (Å²) in [5.41, 5.74) is 5.28. The zero-order valence-electron chi connectivity index (χ0n) is 20.9. The number of imidazole rings is 1. The van der Waals surface area contributed by atoms with E-state index in [2.05, 4.69) is 60.1 Å². The fourth-order valence-corrected chi connectivity index (χ4v) is 5.20. The molecular formula is C29H34ClN5. The number of fused-ring (bicyclic) bond motifs is 1. The summed E-state index contributed by atoms with van der Waals surface area (Å²) in [5, 5.41) is 4.60. The van der Waals surface area contributed by atoms with E-state index in [9.17, 15) is 0 Å². The first-order valence-corrected chi connectivity index (χ1v) is 13.3. The Morgan fingerprint density at radius 3 is 2.51 bits per heavy atom. The zero-order chi connectivity index (χ0) is 24.4. The highest BCUT2D eigenvalue weighted by Crippen LogP contribution is 2.35. The number of nitrogens with zero attached hydrogens (tertiary/aromatic N) is 4. The van der Waals surface area contributed by atoms with Gasteiger partial charge >= 0.3 is 0 Å². The Kier molecular flexibility index (Phi) is 7.05. The van der Waals surface area contributed by atoms with Gasteiger partial charge in [-0.25, -0.2) is 15.0 Å². The van der Waals surface area contributed by atoms with Crippen molar-refractivity contribution in [1.29, 1.82) is 0 Å². The lowest BCUT2D eigenvalue weighted by Gasteiger charge is -2.34. The minimum atomic E-state index is 0.428. The average Bonchev–Trinajstić information content (AvgIpc) is 3.17. The number of aryl methyl sites for hydroxylation is 2. The lowest BCUT2D eigenvalue weighted by atomic mass is 9.78. The summed E-state index contributed by atoms with van der Waals surface area (Å²) in [5.74, 6) is 3.28. The van der Waals surface area contributed by atoms with Crippen molar-refractivity contribution in [2.75, 3.05) is 5.32 Å². The van der Waals surface area contributed by atoms with Crippen molar-refractivity contribution in [2.24, 2.45) is 5.92 Å². The van der Waals surface area contributed by atoms with Gasteiger partial charge in [0.15, 0.2) is 11.5 Å². The third kappa shape index (κ3) is 5.06. The van der Waals surface area contributed by atoms with Gasteiger partial charge in [0.05, 0.1) is 0 Å². The van der Waals surface area contributed by atoms with Crippen LogP contribution < -0.4 is 5.32 Å². The van der Waals surface area contributed by atoms with Crippen LogP contribution in [0, 0.1) is 12.8 Å². The summed E-state index contributed by atoms with van der Waals surface area (Å²) in [6, 6.07) is 17.1. The predicted octanol–water partition coefficient (Wildman–Crippen LogP) is 7.45. The Balaban J connectivity index is 1.67. The van der Waals surface area contributed by atoms with Crippen LogP contribution in [0.4, 0.5) is 5.82 Å². The molecule has 0 spiro atoms. The maximum atomic E-state index is 6.18. The summed E-state index contributed by atoms with van der Waals surface area (Å²) >= 11 is 6.18. The molecule has 2 heterocycles. The maximum Gasteiger partial charge on any atom is 0.183 e. The number of benzene rings is 2. The molecule has 0 bridgehead atoms. The number of hydrogen-bond donors (Lipinski definition) is 1. The SMILES string of the molecule is CCCC(Nc1nc(C)nc2nc(-c3cccc(CC)c3)n(Cc3ccc(Cl)cc3)c12)C1CCC1. The van der Waals surface area contributed by atoms with Gasteiger partial charge in [-0.1, -0.05) is 68.6 Å². The molecule has 0 radical (unpaired) electrons. The van der Waals surface area contributed by atoms with Crippen molar-refractivity contribution in [2.45, 2.75) is 71.9 Å². The van der Waals surface area contributed by atoms with Crippen molar-refractivity contribution >= 4 is 28.6 Å². The van der Waals surface area contributed by atoms with Crippen molar-refractivity contribution < 1.29 is 0 Å². The van der Waals surface area contributed by atoms with Crippen LogP contribution in [0.3, 0.4) is 0 Å². The topological polar surface area (TPSA) is 55.6 Å². The first-order chi connectivity index (χ1) is 17.1. The molecule has 1 aliphatic rings. The Labute approximate surface area is 213 Å². The molecule has 1 N–H and O–H groups in total. The first-order valence-electron chi connectivity index (χ1n) is 12.9. The van der Waals surface area contributed by atoms with Crippen molar-refractivity contribution in [3.8, 4) is 11.4 Å². The Bertz CT molecular complexity index is 1310. The molecule has 5 nitrogen and oxygen atoms in total. The van der Waals surface area contributed by atoms with E-state index in [1.165, 1.54) is 24.8 Å². The molecule has 1 unspecified atom stereocenters. The maximum absolute atomic E-state index is 6.18. The van der Waals surface area contributed by atoms with Crippen LogP contribution in [-0.2, 0) is 13.0 Å². The molecule has 1 fully saturated rings. The molecule has 5 rings (SSSR count). The van der Waals surface area contributed by atoms with E-state index in [1.54, 1.807) is 0 Å². The van der Waals surface area contributed by atoms with Crippen LogP contribution in [0.25, 0.3) is 22.6 Å². The van der Waals surface area contributed by atoms with Gasteiger partial charge in [0.25, 0.3) is 0 Å². The molecule has 1 saturated carbocycles. The quantitative estimate of drug-likeness (QED) is 0.266. The van der Waals surface area contributed by atoms with E-state index in [0.29, 0.717) is 18.5 Å². The van der Waals surface area contributed by atoms with Gasteiger partial charge in [-0.3, -0.25) is 0 Å². The van der Waals surface area contributed by atoms with Gasteiger partial charge in [-0.15, -0.1) is 0 Å². The van der Waals surface area contributed by atoms with Crippen LogP contribution >= 0.6 is 11.6 Å². The number of anilines is 1. The van der Waals surface area contributed by atoms with E-state index in [0.717, 1.165) is 64.0 Å². The van der Waals surface area contributed by atoms with Gasteiger partial charge in [-0.05, 0) is 67.9 Å².